The monoisotopic (exact) mass is 377 g/mol. The van der Waals surface area contributed by atoms with E-state index in [2.05, 4.69) is 36.5 Å². The predicted molar refractivity (Wildman–Crippen MR) is 111 cm³/mol. The number of nitrogens with two attached hydrogens (primary N) is 1. The quantitative estimate of drug-likeness (QED) is 0.643. The third-order valence-electron chi connectivity index (χ3n) is 4.91. The fourth-order valence-electron chi connectivity index (χ4n) is 3.26. The number of carbonyl (C=O) groups is 1. The minimum atomic E-state index is -0.273. The van der Waals surface area contributed by atoms with Crippen molar-refractivity contribution < 1.29 is 14.5 Å². The summed E-state index contributed by atoms with van der Waals surface area (Å²) >= 11 is 0. The van der Waals surface area contributed by atoms with Crippen LogP contribution in [-0.4, -0.2) is 12.5 Å². The first kappa shape index (κ1) is 19.8. The van der Waals surface area contributed by atoms with Crippen molar-refractivity contribution >= 4 is 11.6 Å². The molecule has 144 valence electrons. The van der Waals surface area contributed by atoms with Gasteiger partial charge >= 0.3 is 0 Å². The van der Waals surface area contributed by atoms with Gasteiger partial charge in [0.05, 0.1) is 0 Å². The lowest BCUT2D eigenvalue weighted by Gasteiger charge is -2.17. The highest BCUT2D eigenvalue weighted by molar-refractivity contribution is 5.92. The van der Waals surface area contributed by atoms with Crippen molar-refractivity contribution in [3.05, 3.63) is 101 Å². The molecule has 3 N–H and O–H groups in total. The highest BCUT2D eigenvalue weighted by Gasteiger charge is 2.20. The van der Waals surface area contributed by atoms with Crippen LogP contribution in [0.5, 0.6) is 0 Å². The molecule has 3 nitrogen and oxygen atoms in total. The zero-order valence-electron chi connectivity index (χ0n) is 16.3. The van der Waals surface area contributed by atoms with E-state index in [1.54, 1.807) is 6.07 Å². The number of anilines is 1. The summed E-state index contributed by atoms with van der Waals surface area (Å²) in [5.74, 6) is -0.355. The van der Waals surface area contributed by atoms with Crippen LogP contribution in [0.2, 0.25) is 0 Å². The Morgan fingerprint density at radius 2 is 1.75 bits per heavy atom. The second-order valence-electron chi connectivity index (χ2n) is 6.93. The van der Waals surface area contributed by atoms with Gasteiger partial charge in [0.15, 0.2) is 6.54 Å². The fraction of sp³-hybridized carbons (Fsp3) is 0.208. The molecule has 0 aliphatic rings. The number of quaternary nitrogens is 1. The Labute approximate surface area is 165 Å². The molecule has 0 aliphatic heterocycles. The van der Waals surface area contributed by atoms with E-state index in [1.807, 2.05) is 42.6 Å². The molecule has 0 radical (unpaired) electrons. The van der Waals surface area contributed by atoms with Gasteiger partial charge in [0.1, 0.15) is 11.9 Å². The molecular formula is C24H26FN2O+. The molecule has 0 aliphatic carbocycles. The minimum absolute atomic E-state index is 0.0825. The molecule has 4 heteroatoms. The molecule has 0 spiro atoms. The molecule has 28 heavy (non-hydrogen) atoms. The van der Waals surface area contributed by atoms with Crippen LogP contribution in [0, 0.1) is 12.7 Å². The van der Waals surface area contributed by atoms with Crippen LogP contribution in [0.15, 0.2) is 72.8 Å². The van der Waals surface area contributed by atoms with Crippen LogP contribution >= 0.6 is 0 Å². The van der Waals surface area contributed by atoms with E-state index < -0.39 is 0 Å². The van der Waals surface area contributed by atoms with Crippen LogP contribution in [0.4, 0.5) is 10.1 Å². The first-order valence-electron chi connectivity index (χ1n) is 9.60. The Balaban J connectivity index is 1.77. The Kier molecular flexibility index (Phi) is 6.56. The van der Waals surface area contributed by atoms with E-state index in [0.29, 0.717) is 0 Å². The van der Waals surface area contributed by atoms with Crippen LogP contribution in [0.1, 0.15) is 35.2 Å². The Morgan fingerprint density at radius 3 is 2.43 bits per heavy atom. The first-order valence-corrected chi connectivity index (χ1v) is 9.60. The van der Waals surface area contributed by atoms with Gasteiger partial charge < -0.3 is 10.6 Å². The molecule has 0 saturated carbocycles. The molecule has 0 aromatic heterocycles. The van der Waals surface area contributed by atoms with Crippen LogP contribution in [-0.2, 0) is 11.2 Å². The lowest BCUT2D eigenvalue weighted by molar-refractivity contribution is -0.676. The standard InChI is InChI=1S/C24H25FN2O/c1-3-18-11-13-19(14-12-18)24(20-8-6-9-21(25)15-20)26-16-23(28)27-22-10-5-4-7-17(22)2/h4-15,24,26H,3,16H2,1-2H3,(H,27,28)/p+1/t24-/m0/s1. The van der Waals surface area contributed by atoms with Gasteiger partial charge in [0, 0.05) is 16.8 Å². The van der Waals surface area contributed by atoms with Crippen molar-refractivity contribution in [1.29, 1.82) is 0 Å². The summed E-state index contributed by atoms with van der Waals surface area (Å²) in [7, 11) is 0. The molecule has 1 amide bonds. The van der Waals surface area contributed by atoms with Crippen LogP contribution in [0.3, 0.4) is 0 Å². The maximum Gasteiger partial charge on any atom is 0.279 e. The van der Waals surface area contributed by atoms with Gasteiger partial charge in [0.25, 0.3) is 5.91 Å². The number of carbonyl (C=O) groups excluding carboxylic acids is 1. The van der Waals surface area contributed by atoms with E-state index in [4.69, 9.17) is 0 Å². The zero-order chi connectivity index (χ0) is 19.9. The van der Waals surface area contributed by atoms with Crippen molar-refractivity contribution in [3.8, 4) is 0 Å². The average molecular weight is 377 g/mol. The smallest absolute Gasteiger partial charge is 0.279 e. The van der Waals surface area contributed by atoms with E-state index in [1.165, 1.54) is 17.7 Å². The van der Waals surface area contributed by atoms with Crippen LogP contribution in [0.25, 0.3) is 0 Å². The third kappa shape index (κ3) is 5.05. The molecule has 0 heterocycles. The fourth-order valence-corrected chi connectivity index (χ4v) is 3.26. The van der Waals surface area contributed by atoms with E-state index >= 15 is 0 Å². The number of hydrogen-bond acceptors (Lipinski definition) is 1. The van der Waals surface area contributed by atoms with Crippen molar-refractivity contribution in [2.24, 2.45) is 0 Å². The number of rotatable bonds is 7. The van der Waals surface area contributed by atoms with Crippen molar-refractivity contribution in [2.45, 2.75) is 26.3 Å². The number of halogens is 1. The molecular weight excluding hydrogens is 351 g/mol. The largest absolute Gasteiger partial charge is 0.328 e. The number of aryl methyl sites for hydroxylation is 2. The highest BCUT2D eigenvalue weighted by atomic mass is 19.1. The SMILES string of the molecule is CCc1ccc([C@H]([NH2+]CC(=O)Nc2ccccc2C)c2cccc(F)c2)cc1. The number of hydrogen-bond donors (Lipinski definition) is 2. The van der Waals surface area contributed by atoms with E-state index in [0.717, 1.165) is 28.8 Å². The summed E-state index contributed by atoms with van der Waals surface area (Å²) in [6, 6.07) is 22.4. The molecule has 0 bridgehead atoms. The lowest BCUT2D eigenvalue weighted by Crippen LogP contribution is -2.87. The first-order chi connectivity index (χ1) is 13.6. The Bertz CT molecular complexity index is 937. The average Bonchev–Trinajstić information content (AvgIpc) is 2.70. The number of amides is 1. The molecule has 3 aromatic carbocycles. The van der Waals surface area contributed by atoms with E-state index in [9.17, 15) is 9.18 Å². The Hall–Kier alpha value is -2.98. The molecule has 1 atom stereocenters. The van der Waals surface area contributed by atoms with Gasteiger partial charge in [-0.1, -0.05) is 61.5 Å². The topological polar surface area (TPSA) is 45.7 Å². The number of nitrogens with one attached hydrogen (secondary N) is 1. The summed E-state index contributed by atoms with van der Waals surface area (Å²) in [5, 5.41) is 4.90. The molecule has 3 rings (SSSR count). The van der Waals surface area contributed by atoms with Gasteiger partial charge in [0.2, 0.25) is 0 Å². The number of benzene rings is 3. The normalized spacial score (nSPS) is 11.8. The van der Waals surface area contributed by atoms with Gasteiger partial charge in [-0.05, 0) is 42.7 Å². The molecule has 0 fully saturated rings. The van der Waals surface area contributed by atoms with Gasteiger partial charge in [-0.3, -0.25) is 4.79 Å². The molecule has 3 aromatic rings. The third-order valence-corrected chi connectivity index (χ3v) is 4.91. The summed E-state index contributed by atoms with van der Waals surface area (Å²) in [5.41, 5.74) is 4.97. The summed E-state index contributed by atoms with van der Waals surface area (Å²) < 4.78 is 13.8. The summed E-state index contributed by atoms with van der Waals surface area (Å²) in [6.45, 7) is 4.32. The maximum atomic E-state index is 13.8. The number of para-hydroxylation sites is 1. The predicted octanol–water partition coefficient (Wildman–Crippen LogP) is 3.99. The maximum absolute atomic E-state index is 13.8. The molecule has 0 unspecified atom stereocenters. The van der Waals surface area contributed by atoms with Gasteiger partial charge in [-0.25, -0.2) is 4.39 Å². The van der Waals surface area contributed by atoms with Crippen molar-refractivity contribution in [3.63, 3.8) is 0 Å². The van der Waals surface area contributed by atoms with Gasteiger partial charge in [-0.15, -0.1) is 0 Å². The van der Waals surface area contributed by atoms with E-state index in [-0.39, 0.29) is 24.3 Å². The summed E-state index contributed by atoms with van der Waals surface area (Å²) in [6.07, 6.45) is 0.966. The Morgan fingerprint density at radius 1 is 1.00 bits per heavy atom. The van der Waals surface area contributed by atoms with Crippen molar-refractivity contribution in [1.82, 2.24) is 0 Å². The second-order valence-corrected chi connectivity index (χ2v) is 6.93. The lowest BCUT2D eigenvalue weighted by atomic mass is 9.97. The van der Waals surface area contributed by atoms with Gasteiger partial charge in [-0.2, -0.15) is 0 Å². The summed E-state index contributed by atoms with van der Waals surface area (Å²) in [4.78, 5) is 12.5. The molecule has 0 saturated heterocycles. The van der Waals surface area contributed by atoms with Crippen LogP contribution < -0.4 is 10.6 Å². The second kappa shape index (κ2) is 9.29. The highest BCUT2D eigenvalue weighted by Crippen LogP contribution is 2.20. The zero-order valence-corrected chi connectivity index (χ0v) is 16.3. The minimum Gasteiger partial charge on any atom is -0.328 e. The van der Waals surface area contributed by atoms with Crippen molar-refractivity contribution in [2.75, 3.05) is 11.9 Å².